The van der Waals surface area contributed by atoms with E-state index in [9.17, 15) is 0 Å². The first kappa shape index (κ1) is 15.9. The summed E-state index contributed by atoms with van der Waals surface area (Å²) < 4.78 is 16.2. The standard InChI is InChI=1S/C19H20N2O3/c1-11-7-14(9-18(23-4)12(11)2)19-15(10-21-24-19)13-5-6-17(22-3)16(20)8-13/h5-10H,20H2,1-4H3. The van der Waals surface area contributed by atoms with Crippen LogP contribution >= 0.6 is 0 Å². The van der Waals surface area contributed by atoms with Crippen molar-refractivity contribution in [1.29, 1.82) is 0 Å². The highest BCUT2D eigenvalue weighted by molar-refractivity contribution is 5.82. The van der Waals surface area contributed by atoms with E-state index in [1.54, 1.807) is 20.4 Å². The van der Waals surface area contributed by atoms with Gasteiger partial charge in [0.05, 0.1) is 26.1 Å². The zero-order chi connectivity index (χ0) is 17.3. The van der Waals surface area contributed by atoms with Crippen LogP contribution in [0.1, 0.15) is 11.1 Å². The molecule has 0 aliphatic heterocycles. The molecule has 0 radical (unpaired) electrons. The molecule has 0 fully saturated rings. The number of aryl methyl sites for hydroxylation is 1. The van der Waals surface area contributed by atoms with Crippen molar-refractivity contribution in [2.45, 2.75) is 13.8 Å². The third-order valence-corrected chi connectivity index (χ3v) is 4.21. The summed E-state index contributed by atoms with van der Waals surface area (Å²) in [6.07, 6.45) is 1.69. The molecule has 0 saturated heterocycles. The van der Waals surface area contributed by atoms with Crippen molar-refractivity contribution in [2.75, 3.05) is 20.0 Å². The SMILES string of the molecule is COc1ccc(-c2cnoc2-c2cc(C)c(C)c(OC)c2)cc1N. The summed E-state index contributed by atoms with van der Waals surface area (Å²) in [5, 5.41) is 3.97. The third kappa shape index (κ3) is 2.69. The predicted molar refractivity (Wildman–Crippen MR) is 94.4 cm³/mol. The monoisotopic (exact) mass is 324 g/mol. The topological polar surface area (TPSA) is 70.5 Å². The fourth-order valence-corrected chi connectivity index (χ4v) is 2.73. The van der Waals surface area contributed by atoms with Gasteiger partial charge in [-0.25, -0.2) is 0 Å². The number of nitrogens with two attached hydrogens (primary N) is 1. The lowest BCUT2D eigenvalue weighted by atomic mass is 9.98. The van der Waals surface area contributed by atoms with Crippen LogP contribution in [0.25, 0.3) is 22.5 Å². The van der Waals surface area contributed by atoms with E-state index in [1.165, 1.54) is 0 Å². The molecule has 2 aromatic carbocycles. The highest BCUT2D eigenvalue weighted by atomic mass is 16.5. The van der Waals surface area contributed by atoms with Gasteiger partial charge in [-0.1, -0.05) is 11.2 Å². The molecular weight excluding hydrogens is 304 g/mol. The van der Waals surface area contributed by atoms with Crippen molar-refractivity contribution >= 4 is 5.69 Å². The van der Waals surface area contributed by atoms with Gasteiger partial charge in [0.1, 0.15) is 11.5 Å². The van der Waals surface area contributed by atoms with Crippen molar-refractivity contribution in [3.8, 4) is 33.9 Å². The fourth-order valence-electron chi connectivity index (χ4n) is 2.73. The maximum atomic E-state index is 6.02. The molecule has 0 aliphatic carbocycles. The summed E-state index contributed by atoms with van der Waals surface area (Å²) in [5.41, 5.74) is 11.5. The van der Waals surface area contributed by atoms with Gasteiger partial charge in [-0.05, 0) is 54.8 Å². The largest absolute Gasteiger partial charge is 0.496 e. The Morgan fingerprint density at radius 2 is 1.71 bits per heavy atom. The van der Waals surface area contributed by atoms with Crippen LogP contribution in [0.3, 0.4) is 0 Å². The van der Waals surface area contributed by atoms with Crippen LogP contribution in [0.4, 0.5) is 5.69 Å². The van der Waals surface area contributed by atoms with E-state index in [1.807, 2.05) is 38.1 Å². The summed E-state index contributed by atoms with van der Waals surface area (Å²) in [6, 6.07) is 9.65. The molecule has 124 valence electrons. The van der Waals surface area contributed by atoms with Gasteiger partial charge in [0.15, 0.2) is 5.76 Å². The van der Waals surface area contributed by atoms with Crippen LogP contribution in [-0.4, -0.2) is 19.4 Å². The molecule has 3 aromatic rings. The molecule has 0 spiro atoms. The average molecular weight is 324 g/mol. The van der Waals surface area contributed by atoms with Gasteiger partial charge in [-0.15, -0.1) is 0 Å². The van der Waals surface area contributed by atoms with Crippen molar-refractivity contribution in [2.24, 2.45) is 0 Å². The van der Waals surface area contributed by atoms with Crippen LogP contribution in [-0.2, 0) is 0 Å². The predicted octanol–water partition coefficient (Wildman–Crippen LogP) is 4.22. The Morgan fingerprint density at radius 1 is 0.958 bits per heavy atom. The van der Waals surface area contributed by atoms with Crippen LogP contribution < -0.4 is 15.2 Å². The molecule has 2 N–H and O–H groups in total. The summed E-state index contributed by atoms with van der Waals surface area (Å²) in [6.45, 7) is 4.08. The van der Waals surface area contributed by atoms with Gasteiger partial charge in [0.25, 0.3) is 0 Å². The van der Waals surface area contributed by atoms with Gasteiger partial charge in [0.2, 0.25) is 0 Å². The van der Waals surface area contributed by atoms with E-state index < -0.39 is 0 Å². The summed E-state index contributed by atoms with van der Waals surface area (Å²) >= 11 is 0. The number of aromatic nitrogens is 1. The Bertz CT molecular complexity index is 884. The minimum Gasteiger partial charge on any atom is -0.496 e. The van der Waals surface area contributed by atoms with E-state index in [0.717, 1.165) is 33.6 Å². The van der Waals surface area contributed by atoms with Crippen LogP contribution in [0.2, 0.25) is 0 Å². The van der Waals surface area contributed by atoms with E-state index in [4.69, 9.17) is 19.7 Å². The zero-order valence-electron chi connectivity index (χ0n) is 14.2. The first-order chi connectivity index (χ1) is 11.5. The fraction of sp³-hybridized carbons (Fsp3) is 0.211. The second-order valence-electron chi connectivity index (χ2n) is 5.65. The molecule has 5 heteroatoms. The van der Waals surface area contributed by atoms with Crippen LogP contribution in [0.5, 0.6) is 11.5 Å². The second-order valence-corrected chi connectivity index (χ2v) is 5.65. The lowest BCUT2D eigenvalue weighted by Gasteiger charge is -2.11. The molecule has 1 heterocycles. The quantitative estimate of drug-likeness (QED) is 0.727. The van der Waals surface area contributed by atoms with E-state index >= 15 is 0 Å². The smallest absolute Gasteiger partial charge is 0.174 e. The van der Waals surface area contributed by atoms with Gasteiger partial charge in [0, 0.05) is 11.1 Å². The Kier molecular flexibility index (Phi) is 4.16. The minimum atomic E-state index is 0.569. The van der Waals surface area contributed by atoms with Crippen LogP contribution in [0, 0.1) is 13.8 Å². The number of nitrogens with zero attached hydrogens (tertiary/aromatic N) is 1. The zero-order valence-corrected chi connectivity index (χ0v) is 14.2. The number of nitrogen functional groups attached to an aromatic ring is 1. The number of rotatable bonds is 4. The van der Waals surface area contributed by atoms with Crippen molar-refractivity contribution in [3.63, 3.8) is 0 Å². The summed E-state index contributed by atoms with van der Waals surface area (Å²) in [5.74, 6) is 2.15. The van der Waals surface area contributed by atoms with E-state index in [0.29, 0.717) is 17.2 Å². The molecule has 0 atom stereocenters. The number of anilines is 1. The molecule has 24 heavy (non-hydrogen) atoms. The minimum absolute atomic E-state index is 0.569. The third-order valence-electron chi connectivity index (χ3n) is 4.21. The normalized spacial score (nSPS) is 10.7. The van der Waals surface area contributed by atoms with Gasteiger partial charge in [-0.2, -0.15) is 0 Å². The Hall–Kier alpha value is -2.95. The molecule has 0 aliphatic rings. The van der Waals surface area contributed by atoms with Gasteiger partial charge < -0.3 is 19.7 Å². The summed E-state index contributed by atoms with van der Waals surface area (Å²) in [4.78, 5) is 0. The van der Waals surface area contributed by atoms with Crippen molar-refractivity contribution < 1.29 is 14.0 Å². The molecule has 3 rings (SSSR count). The lowest BCUT2D eigenvalue weighted by molar-refractivity contribution is 0.410. The molecule has 0 amide bonds. The summed E-state index contributed by atoms with van der Waals surface area (Å²) in [7, 11) is 3.26. The molecule has 5 nitrogen and oxygen atoms in total. The first-order valence-corrected chi connectivity index (χ1v) is 7.59. The number of methoxy groups -OCH3 is 2. The van der Waals surface area contributed by atoms with Gasteiger partial charge in [-0.3, -0.25) is 0 Å². The highest BCUT2D eigenvalue weighted by Gasteiger charge is 2.16. The highest BCUT2D eigenvalue weighted by Crippen LogP contribution is 2.37. The molecule has 0 bridgehead atoms. The Labute approximate surface area is 141 Å². The molecular formula is C19H20N2O3. The van der Waals surface area contributed by atoms with Crippen LogP contribution in [0.15, 0.2) is 41.1 Å². The van der Waals surface area contributed by atoms with E-state index in [2.05, 4.69) is 11.2 Å². The van der Waals surface area contributed by atoms with Crippen molar-refractivity contribution in [3.05, 3.63) is 47.7 Å². The van der Waals surface area contributed by atoms with Crippen molar-refractivity contribution in [1.82, 2.24) is 5.16 Å². The van der Waals surface area contributed by atoms with Gasteiger partial charge >= 0.3 is 0 Å². The maximum absolute atomic E-state index is 6.02. The molecule has 1 aromatic heterocycles. The number of hydrogen-bond acceptors (Lipinski definition) is 5. The Balaban J connectivity index is 2.12. The lowest BCUT2D eigenvalue weighted by Crippen LogP contribution is -1.93. The maximum Gasteiger partial charge on any atom is 0.174 e. The average Bonchev–Trinajstić information content (AvgIpc) is 3.06. The number of hydrogen-bond donors (Lipinski definition) is 1. The molecule has 0 saturated carbocycles. The van der Waals surface area contributed by atoms with E-state index in [-0.39, 0.29) is 0 Å². The Morgan fingerprint density at radius 3 is 2.38 bits per heavy atom. The number of benzene rings is 2. The second kappa shape index (κ2) is 6.28. The molecule has 0 unspecified atom stereocenters. The first-order valence-electron chi connectivity index (χ1n) is 7.59. The number of ether oxygens (including phenoxy) is 2.